The summed E-state index contributed by atoms with van der Waals surface area (Å²) < 4.78 is 1.72. The van der Waals surface area contributed by atoms with Crippen LogP contribution in [-0.2, 0) is 4.79 Å². The van der Waals surface area contributed by atoms with E-state index in [9.17, 15) is 9.59 Å². The second-order valence-corrected chi connectivity index (χ2v) is 11.9. The topological polar surface area (TPSA) is 79.1 Å². The molecular weight excluding hydrogens is 566 g/mol. The van der Waals surface area contributed by atoms with Crippen molar-refractivity contribution in [2.24, 2.45) is 5.10 Å². The van der Waals surface area contributed by atoms with Gasteiger partial charge in [-0.25, -0.2) is 4.98 Å². The number of benzene rings is 5. The van der Waals surface area contributed by atoms with Crippen molar-refractivity contribution in [3.8, 4) is 0 Å². The molecule has 1 aliphatic rings. The van der Waals surface area contributed by atoms with Gasteiger partial charge < -0.3 is 5.32 Å². The van der Waals surface area contributed by atoms with E-state index in [0.717, 1.165) is 53.9 Å². The summed E-state index contributed by atoms with van der Waals surface area (Å²) in [4.78, 5) is 33.9. The molecular formula is C36H25N5O2S. The van der Waals surface area contributed by atoms with Crippen LogP contribution >= 0.6 is 11.8 Å². The standard InChI is InChI=1S/C36H25N5O2S/c1-21-10-3-6-15-29(21)41-36(43)26(22(2)39-41)20-37-28-14-5-8-17-32(28)44-31-19-18-24-33-23(31)11-9-12-25(33)35(42)40-30-16-7-4-13-27(30)38-34(24)40/h3-20,37H,1-2H3/b26-20+. The average molecular weight is 592 g/mol. The molecule has 0 spiro atoms. The Hall–Kier alpha value is -5.47. The normalized spacial score (nSPS) is 14.5. The molecule has 0 atom stereocenters. The molecule has 8 heteroatoms. The van der Waals surface area contributed by atoms with Gasteiger partial charge >= 0.3 is 0 Å². The van der Waals surface area contributed by atoms with Crippen molar-refractivity contribution in [1.82, 2.24) is 9.38 Å². The van der Waals surface area contributed by atoms with Gasteiger partial charge in [0.1, 0.15) is 5.65 Å². The Balaban J connectivity index is 1.17. The van der Waals surface area contributed by atoms with Crippen LogP contribution in [0.3, 0.4) is 0 Å². The summed E-state index contributed by atoms with van der Waals surface area (Å²) >= 11 is 1.61. The Morgan fingerprint density at radius 2 is 1.52 bits per heavy atom. The third-order valence-electron chi connectivity index (χ3n) is 8.12. The SMILES string of the molecule is CC1=NN(c2ccccc2C)C(=O)/C1=C/Nc1ccccc1Sc1ccc2c3c1cccc3c(=O)n1c3ccccc3nc21. The summed E-state index contributed by atoms with van der Waals surface area (Å²) in [6, 6.07) is 33.5. The molecule has 0 bridgehead atoms. The summed E-state index contributed by atoms with van der Waals surface area (Å²) in [5.41, 5.74) is 5.98. The minimum absolute atomic E-state index is 0.0688. The van der Waals surface area contributed by atoms with Crippen LogP contribution < -0.4 is 15.9 Å². The van der Waals surface area contributed by atoms with Crippen molar-refractivity contribution < 1.29 is 4.79 Å². The first-order valence-corrected chi connectivity index (χ1v) is 15.1. The highest BCUT2D eigenvalue weighted by Crippen LogP contribution is 2.41. The quantitative estimate of drug-likeness (QED) is 0.207. The van der Waals surface area contributed by atoms with Gasteiger partial charge in [0, 0.05) is 32.1 Å². The molecule has 0 aliphatic carbocycles. The van der Waals surface area contributed by atoms with Crippen LogP contribution in [0.4, 0.5) is 11.4 Å². The smallest absolute Gasteiger partial charge is 0.282 e. The molecule has 44 heavy (non-hydrogen) atoms. The molecule has 0 saturated carbocycles. The lowest BCUT2D eigenvalue weighted by molar-refractivity contribution is -0.114. The minimum atomic E-state index is -0.173. The highest BCUT2D eigenvalue weighted by Gasteiger charge is 2.29. The Morgan fingerprint density at radius 3 is 2.41 bits per heavy atom. The van der Waals surface area contributed by atoms with Crippen LogP contribution in [0.5, 0.6) is 0 Å². The molecule has 0 fully saturated rings. The Bertz CT molecular complexity index is 2430. The molecule has 1 aliphatic heterocycles. The maximum Gasteiger partial charge on any atom is 0.282 e. The average Bonchev–Trinajstić information content (AvgIpc) is 3.57. The predicted molar refractivity (Wildman–Crippen MR) is 179 cm³/mol. The Kier molecular flexibility index (Phi) is 5.99. The summed E-state index contributed by atoms with van der Waals surface area (Å²) in [7, 11) is 0. The van der Waals surface area contributed by atoms with Gasteiger partial charge in [-0.3, -0.25) is 14.0 Å². The first-order chi connectivity index (χ1) is 21.5. The summed E-state index contributed by atoms with van der Waals surface area (Å²) in [5, 5.41) is 12.9. The van der Waals surface area contributed by atoms with E-state index in [2.05, 4.69) is 28.6 Å². The third-order valence-corrected chi connectivity index (χ3v) is 9.27. The van der Waals surface area contributed by atoms with Gasteiger partial charge in [0.25, 0.3) is 11.5 Å². The molecule has 5 aromatic carbocycles. The fourth-order valence-electron chi connectivity index (χ4n) is 5.96. The van der Waals surface area contributed by atoms with E-state index < -0.39 is 0 Å². The van der Waals surface area contributed by atoms with Crippen molar-refractivity contribution >= 4 is 73.0 Å². The zero-order valence-corrected chi connectivity index (χ0v) is 24.7. The number of hydrazone groups is 1. The van der Waals surface area contributed by atoms with Crippen LogP contribution in [-0.4, -0.2) is 21.0 Å². The fourth-order valence-corrected chi connectivity index (χ4v) is 6.99. The number of imidazole rings is 1. The number of rotatable bonds is 5. The van der Waals surface area contributed by atoms with E-state index >= 15 is 0 Å². The number of aryl methyl sites for hydroxylation is 1. The lowest BCUT2D eigenvalue weighted by Gasteiger charge is -2.15. The van der Waals surface area contributed by atoms with Crippen LogP contribution in [0.25, 0.3) is 38.2 Å². The van der Waals surface area contributed by atoms with Gasteiger partial charge in [-0.05, 0) is 73.3 Å². The van der Waals surface area contributed by atoms with Crippen LogP contribution in [0, 0.1) is 6.92 Å². The molecule has 1 N–H and O–H groups in total. The van der Waals surface area contributed by atoms with E-state index in [-0.39, 0.29) is 11.5 Å². The van der Waals surface area contributed by atoms with E-state index in [0.29, 0.717) is 22.3 Å². The monoisotopic (exact) mass is 591 g/mol. The van der Waals surface area contributed by atoms with Crippen molar-refractivity contribution in [1.29, 1.82) is 0 Å². The van der Waals surface area contributed by atoms with Gasteiger partial charge in [-0.2, -0.15) is 10.1 Å². The minimum Gasteiger partial charge on any atom is -0.360 e. The number of hydrogen-bond acceptors (Lipinski definition) is 6. The van der Waals surface area contributed by atoms with Crippen LogP contribution in [0.15, 0.2) is 135 Å². The first-order valence-electron chi connectivity index (χ1n) is 14.3. The highest BCUT2D eigenvalue weighted by atomic mass is 32.2. The van der Waals surface area contributed by atoms with E-state index in [1.165, 1.54) is 5.01 Å². The number of nitrogens with zero attached hydrogens (tertiary/aromatic N) is 4. The molecule has 3 heterocycles. The maximum absolute atomic E-state index is 13.7. The number of para-hydroxylation sites is 4. The molecule has 7 aromatic rings. The lowest BCUT2D eigenvalue weighted by Crippen LogP contribution is -2.22. The third kappa shape index (κ3) is 3.99. The number of fused-ring (bicyclic) bond motifs is 4. The maximum atomic E-state index is 13.7. The van der Waals surface area contributed by atoms with Crippen molar-refractivity contribution in [3.05, 3.63) is 131 Å². The summed E-state index contributed by atoms with van der Waals surface area (Å²) in [5.74, 6) is -0.173. The molecule has 8 rings (SSSR count). The van der Waals surface area contributed by atoms with E-state index in [1.54, 1.807) is 22.4 Å². The first kappa shape index (κ1) is 26.2. The van der Waals surface area contributed by atoms with E-state index in [4.69, 9.17) is 4.98 Å². The largest absolute Gasteiger partial charge is 0.360 e. The van der Waals surface area contributed by atoms with Crippen molar-refractivity contribution in [2.75, 3.05) is 10.3 Å². The Morgan fingerprint density at radius 1 is 0.750 bits per heavy atom. The van der Waals surface area contributed by atoms with Gasteiger partial charge in [0.15, 0.2) is 0 Å². The molecule has 212 valence electrons. The zero-order chi connectivity index (χ0) is 29.9. The number of pyridine rings is 1. The number of hydrogen-bond donors (Lipinski definition) is 1. The molecule has 7 nitrogen and oxygen atoms in total. The lowest BCUT2D eigenvalue weighted by atomic mass is 10.0. The molecule has 0 unspecified atom stereocenters. The van der Waals surface area contributed by atoms with Crippen molar-refractivity contribution in [3.63, 3.8) is 0 Å². The number of anilines is 2. The second kappa shape index (κ2) is 10.1. The predicted octanol–water partition coefficient (Wildman–Crippen LogP) is 7.77. The van der Waals surface area contributed by atoms with Gasteiger partial charge in [-0.15, -0.1) is 0 Å². The van der Waals surface area contributed by atoms with Crippen molar-refractivity contribution in [2.45, 2.75) is 23.6 Å². The number of aromatic nitrogens is 2. The van der Waals surface area contributed by atoms with Crippen LogP contribution in [0.1, 0.15) is 12.5 Å². The van der Waals surface area contributed by atoms with Gasteiger partial charge in [-0.1, -0.05) is 66.4 Å². The second-order valence-electron chi connectivity index (χ2n) is 10.8. The summed E-state index contributed by atoms with van der Waals surface area (Å²) in [6.07, 6.45) is 1.74. The molecule has 0 radical (unpaired) electrons. The summed E-state index contributed by atoms with van der Waals surface area (Å²) in [6.45, 7) is 3.81. The Labute approximate surface area is 256 Å². The van der Waals surface area contributed by atoms with Crippen LogP contribution in [0.2, 0.25) is 0 Å². The zero-order valence-electron chi connectivity index (χ0n) is 23.9. The molecule has 0 saturated heterocycles. The van der Waals surface area contributed by atoms with Gasteiger partial charge in [0.05, 0.1) is 33.7 Å². The number of nitrogens with one attached hydrogen (secondary N) is 1. The molecule has 2 aromatic heterocycles. The van der Waals surface area contributed by atoms with E-state index in [1.807, 2.05) is 98.8 Å². The molecule has 1 amide bonds. The van der Waals surface area contributed by atoms with Gasteiger partial charge in [0.2, 0.25) is 0 Å². The number of carbonyl (C=O) groups is 1. The fraction of sp³-hybridized carbons (Fsp3) is 0.0556. The number of amides is 1. The highest BCUT2D eigenvalue weighted by molar-refractivity contribution is 7.99. The number of carbonyl (C=O) groups excluding carboxylic acids is 1.